The zero-order valence-electron chi connectivity index (χ0n) is 8.73. The van der Waals surface area contributed by atoms with Crippen LogP contribution in [0.5, 0.6) is 5.75 Å². The fourth-order valence-electron chi connectivity index (χ4n) is 1.85. The van der Waals surface area contributed by atoms with Crippen LogP contribution in [0.3, 0.4) is 0 Å². The van der Waals surface area contributed by atoms with E-state index in [2.05, 4.69) is 11.8 Å². The fourth-order valence-corrected chi connectivity index (χ4v) is 1.85. The van der Waals surface area contributed by atoms with Gasteiger partial charge in [0.05, 0.1) is 12.7 Å². The second-order valence-electron chi connectivity index (χ2n) is 3.65. The van der Waals surface area contributed by atoms with Crippen molar-refractivity contribution in [2.24, 2.45) is 0 Å². The third-order valence-corrected chi connectivity index (χ3v) is 2.69. The smallest absolute Gasteiger partial charge is 0.123 e. The van der Waals surface area contributed by atoms with E-state index in [1.165, 1.54) is 0 Å². The Bertz CT molecular complexity index is 400. The van der Waals surface area contributed by atoms with E-state index in [0.717, 1.165) is 11.3 Å². The highest BCUT2D eigenvalue weighted by molar-refractivity contribution is 5.40. The Kier molecular flexibility index (Phi) is 2.94. The van der Waals surface area contributed by atoms with E-state index in [-0.39, 0.29) is 5.92 Å². The van der Waals surface area contributed by atoms with E-state index in [1.807, 2.05) is 24.3 Å². The topological polar surface area (TPSA) is 29.5 Å². The van der Waals surface area contributed by atoms with E-state index in [4.69, 9.17) is 4.74 Å². The van der Waals surface area contributed by atoms with Gasteiger partial charge in [-0.2, -0.15) is 0 Å². The molecule has 2 atom stereocenters. The molecule has 1 aliphatic heterocycles. The molecule has 1 aromatic carbocycles. The molecule has 1 heterocycles. The van der Waals surface area contributed by atoms with Gasteiger partial charge in [-0.25, -0.2) is 0 Å². The van der Waals surface area contributed by atoms with E-state index < -0.39 is 6.10 Å². The molecular weight excluding hydrogens is 188 g/mol. The Morgan fingerprint density at radius 3 is 3.13 bits per heavy atom. The Morgan fingerprint density at radius 1 is 1.53 bits per heavy atom. The lowest BCUT2D eigenvalue weighted by molar-refractivity contribution is 0.133. The van der Waals surface area contributed by atoms with Crippen molar-refractivity contribution in [3.8, 4) is 17.6 Å². The molecule has 0 amide bonds. The number of para-hydroxylation sites is 1. The van der Waals surface area contributed by atoms with Crippen LogP contribution >= 0.6 is 0 Å². The van der Waals surface area contributed by atoms with Gasteiger partial charge >= 0.3 is 0 Å². The van der Waals surface area contributed by atoms with Crippen molar-refractivity contribution in [1.82, 2.24) is 0 Å². The highest BCUT2D eigenvalue weighted by Gasteiger charge is 2.29. The van der Waals surface area contributed by atoms with Crippen molar-refractivity contribution in [2.75, 3.05) is 6.61 Å². The number of fused-ring (bicyclic) bond motifs is 1. The number of aliphatic hydroxyl groups is 1. The minimum Gasteiger partial charge on any atom is -0.493 e. The maximum atomic E-state index is 9.94. The Balaban J connectivity index is 2.15. The fraction of sp³-hybridized carbons (Fsp3) is 0.385. The van der Waals surface area contributed by atoms with Crippen molar-refractivity contribution in [1.29, 1.82) is 0 Å². The standard InChI is InChI=1S/C13H14O2/c1-2-3-7-12(14)11-9-15-13-8-5-4-6-10(11)13/h4-6,8,11-12,14H,7,9H2,1H3. The van der Waals surface area contributed by atoms with Crippen molar-refractivity contribution < 1.29 is 9.84 Å². The van der Waals surface area contributed by atoms with Gasteiger partial charge in [-0.15, -0.1) is 11.8 Å². The van der Waals surface area contributed by atoms with Crippen LogP contribution in [0.1, 0.15) is 24.8 Å². The maximum Gasteiger partial charge on any atom is 0.123 e. The average Bonchev–Trinajstić information content (AvgIpc) is 2.69. The minimum atomic E-state index is -0.430. The molecule has 0 saturated carbocycles. The molecule has 2 heteroatoms. The highest BCUT2D eigenvalue weighted by Crippen LogP contribution is 2.36. The first-order valence-corrected chi connectivity index (χ1v) is 5.12. The molecular formula is C13H14O2. The number of rotatable bonds is 2. The number of hydrogen-bond acceptors (Lipinski definition) is 2. The molecule has 78 valence electrons. The lowest BCUT2D eigenvalue weighted by Gasteiger charge is -2.14. The zero-order chi connectivity index (χ0) is 10.7. The Hall–Kier alpha value is -1.46. The lowest BCUT2D eigenvalue weighted by Crippen LogP contribution is -2.19. The lowest BCUT2D eigenvalue weighted by atomic mass is 9.94. The van der Waals surface area contributed by atoms with Crippen LogP contribution < -0.4 is 4.74 Å². The van der Waals surface area contributed by atoms with Gasteiger partial charge in [-0.1, -0.05) is 18.2 Å². The molecule has 2 nitrogen and oxygen atoms in total. The molecule has 0 fully saturated rings. The molecule has 0 spiro atoms. The molecule has 0 radical (unpaired) electrons. The maximum absolute atomic E-state index is 9.94. The Morgan fingerprint density at radius 2 is 2.33 bits per heavy atom. The summed E-state index contributed by atoms with van der Waals surface area (Å²) in [6.07, 6.45) is 0.0832. The monoisotopic (exact) mass is 202 g/mol. The summed E-state index contributed by atoms with van der Waals surface area (Å²) in [6, 6.07) is 7.86. The van der Waals surface area contributed by atoms with Gasteiger partial charge in [-0.3, -0.25) is 0 Å². The summed E-state index contributed by atoms with van der Waals surface area (Å²) in [5.74, 6) is 6.66. The van der Waals surface area contributed by atoms with E-state index >= 15 is 0 Å². The first-order valence-electron chi connectivity index (χ1n) is 5.12. The molecule has 2 rings (SSSR count). The summed E-state index contributed by atoms with van der Waals surface area (Å²) in [5.41, 5.74) is 1.10. The van der Waals surface area contributed by atoms with Crippen LogP contribution in [0.4, 0.5) is 0 Å². The summed E-state index contributed by atoms with van der Waals surface area (Å²) in [4.78, 5) is 0. The molecule has 0 aliphatic carbocycles. The molecule has 1 N–H and O–H groups in total. The van der Waals surface area contributed by atoms with Crippen LogP contribution in [0.25, 0.3) is 0 Å². The van der Waals surface area contributed by atoms with Crippen molar-refractivity contribution in [3.63, 3.8) is 0 Å². The number of aliphatic hydroxyl groups excluding tert-OH is 1. The summed E-state index contributed by atoms with van der Waals surface area (Å²) >= 11 is 0. The van der Waals surface area contributed by atoms with Gasteiger partial charge in [0.15, 0.2) is 0 Å². The first-order chi connectivity index (χ1) is 7.33. The number of benzene rings is 1. The predicted molar refractivity (Wildman–Crippen MR) is 58.8 cm³/mol. The van der Waals surface area contributed by atoms with E-state index in [0.29, 0.717) is 13.0 Å². The van der Waals surface area contributed by atoms with Gasteiger partial charge in [0.25, 0.3) is 0 Å². The summed E-state index contributed by atoms with van der Waals surface area (Å²) < 4.78 is 5.50. The van der Waals surface area contributed by atoms with Crippen LogP contribution in [-0.2, 0) is 0 Å². The minimum absolute atomic E-state index is 0.0713. The van der Waals surface area contributed by atoms with Gasteiger partial charge in [0.1, 0.15) is 5.75 Å². The highest BCUT2D eigenvalue weighted by atomic mass is 16.5. The quantitative estimate of drug-likeness (QED) is 0.743. The van der Waals surface area contributed by atoms with Gasteiger partial charge in [0.2, 0.25) is 0 Å². The van der Waals surface area contributed by atoms with Crippen LogP contribution in [0, 0.1) is 11.8 Å². The molecule has 1 aromatic rings. The Labute approximate surface area is 89.9 Å². The summed E-state index contributed by atoms with van der Waals surface area (Å²) in [6.45, 7) is 2.34. The molecule has 2 unspecified atom stereocenters. The molecule has 0 bridgehead atoms. The van der Waals surface area contributed by atoms with Gasteiger partial charge in [0, 0.05) is 17.9 Å². The first kappa shape index (κ1) is 10.1. The van der Waals surface area contributed by atoms with Crippen molar-refractivity contribution in [3.05, 3.63) is 29.8 Å². The zero-order valence-corrected chi connectivity index (χ0v) is 8.73. The molecule has 1 aliphatic rings. The number of hydrogen-bond donors (Lipinski definition) is 1. The van der Waals surface area contributed by atoms with Crippen LogP contribution in [-0.4, -0.2) is 17.8 Å². The van der Waals surface area contributed by atoms with Crippen molar-refractivity contribution in [2.45, 2.75) is 25.4 Å². The molecule has 0 saturated heterocycles. The normalized spacial score (nSPS) is 19.7. The third-order valence-electron chi connectivity index (χ3n) is 2.69. The van der Waals surface area contributed by atoms with Gasteiger partial charge < -0.3 is 9.84 Å². The average molecular weight is 202 g/mol. The SMILES string of the molecule is CC#CCC(O)C1COc2ccccc21. The summed E-state index contributed by atoms with van der Waals surface area (Å²) in [5, 5.41) is 9.94. The van der Waals surface area contributed by atoms with E-state index in [9.17, 15) is 5.11 Å². The van der Waals surface area contributed by atoms with Crippen LogP contribution in [0.2, 0.25) is 0 Å². The van der Waals surface area contributed by atoms with Crippen molar-refractivity contribution >= 4 is 0 Å². The second-order valence-corrected chi connectivity index (χ2v) is 3.65. The second kappa shape index (κ2) is 4.37. The number of ether oxygens (including phenoxy) is 1. The third kappa shape index (κ3) is 1.98. The predicted octanol–water partition coefficient (Wildman–Crippen LogP) is 1.94. The summed E-state index contributed by atoms with van der Waals surface area (Å²) in [7, 11) is 0. The van der Waals surface area contributed by atoms with E-state index in [1.54, 1.807) is 6.92 Å². The molecule has 0 aromatic heterocycles. The van der Waals surface area contributed by atoms with Gasteiger partial charge in [-0.05, 0) is 13.0 Å². The largest absolute Gasteiger partial charge is 0.493 e. The van der Waals surface area contributed by atoms with Crippen LogP contribution in [0.15, 0.2) is 24.3 Å². The molecule has 15 heavy (non-hydrogen) atoms.